The molecule has 0 spiro atoms. The van der Waals surface area contributed by atoms with Crippen LogP contribution in [-0.2, 0) is 105 Å². The standard InChI is InChI=1S/C17H17F2N2O8P.3C16H15F2N2O9P/c1-9-20-15(24)11(18)6-21(9)16-13(22)14(23)17(19,28-16)8-27-30(25)26-7-10-4-2-3-5-12(10)29-30;3*17-9-5-20(15(24)19-13(9)23)14-11(21)12(22)16(18,28-14)7-27-30(25)26-6-8-3-1-2-4-10(8)29-30/h2-6,13-14,16,22-23H,1,7-8H2,(H,20,24);3*1-5,11-12,14,21-22H,6-7H2,(H,19,23,24)/t13-,14+,16-,17-,30?;3*11-,12+,14-,16-,30?/m1111/s1/i8D2,16D;14D;7D2;. The number of benzene rings is 4. The SMILES string of the molecule is O=c1[nH]c(=O)n([C@@H]2O[C@](F)(COP3(=O)OCc4ccccc4O3)[C@@H](O)[C@H]2O)cc1F.[2H]C([2H])(OP1(=O)OCc2ccccc2O1)[C@@]1(F)O[C@@H](n2cc(F)c(=O)[nH]c2=O)[C@H](O)[C@@H]1O.[2H]C([2H])(OP1(=O)OCc2ccccc2O1)[C@@]1(F)O[C@@]([2H])(N2C=C(F)C(=O)NC2=C)[C@H](O)[C@@H]1O.[2H][C@@]1(n2cc(F)c(=O)[nH]c2=O)O[C@](F)(COP2(=O)OCc3ccccc3O2)[C@@H](O)[C@H]1O. The van der Waals surface area contributed by atoms with E-state index >= 15 is 17.6 Å². The molecule has 4 unspecified atom stereocenters. The van der Waals surface area contributed by atoms with Crippen molar-refractivity contribution in [2.75, 3.05) is 26.3 Å². The molecule has 0 radical (unpaired) electrons. The minimum Gasteiger partial charge on any atom is -0.404 e. The van der Waals surface area contributed by atoms with Crippen molar-refractivity contribution in [3.8, 4) is 23.0 Å². The van der Waals surface area contributed by atoms with Crippen LogP contribution in [0.1, 0.15) is 49.1 Å². The van der Waals surface area contributed by atoms with Crippen molar-refractivity contribution in [1.29, 1.82) is 0 Å². The van der Waals surface area contributed by atoms with Crippen LogP contribution >= 0.6 is 31.3 Å². The van der Waals surface area contributed by atoms with E-state index in [2.05, 4.69) is 15.6 Å². The number of H-pyrrole nitrogens is 3. The molecular weight excluding hydrogens is 1730 g/mol. The van der Waals surface area contributed by atoms with E-state index in [0.29, 0.717) is 44.1 Å². The van der Waals surface area contributed by atoms with Gasteiger partial charge in [0.15, 0.2) is 24.9 Å². The van der Waals surface area contributed by atoms with Crippen LogP contribution in [0, 0.1) is 17.5 Å². The lowest BCUT2D eigenvalue weighted by atomic mass is 10.1. The molecule has 0 saturated carbocycles. The fourth-order valence-electron chi connectivity index (χ4n) is 11.4. The molecule has 16 rings (SSSR count). The number of hydrogen-bond acceptors (Lipinski definition) is 36. The molecule has 9 aliphatic rings. The summed E-state index contributed by atoms with van der Waals surface area (Å²) in [6, 6.07) is 25.0. The molecule has 4 saturated heterocycles. The minimum absolute atomic E-state index is 0.0134. The number of nitrogens with one attached hydrogen (secondary N) is 4. The molecule has 4 fully saturated rings. The zero-order valence-electron chi connectivity index (χ0n) is 65.5. The first kappa shape index (κ1) is 80.2. The summed E-state index contributed by atoms with van der Waals surface area (Å²) in [6.45, 7) is -7.88. The van der Waals surface area contributed by atoms with E-state index in [1.165, 1.54) is 46.4 Å². The zero-order valence-corrected chi connectivity index (χ0v) is 63.0. The van der Waals surface area contributed by atoms with Gasteiger partial charge in [0.1, 0.15) is 104 Å². The number of phosphoric acid groups is 4. The number of nitrogens with zero attached hydrogens (tertiary/aromatic N) is 4. The first-order valence-corrected chi connectivity index (χ1v) is 39.5. The number of ether oxygens (including phenoxy) is 4. The molecule has 3 aromatic heterocycles. The number of aromatic nitrogens is 6. The van der Waals surface area contributed by atoms with Crippen LogP contribution in [0.15, 0.2) is 169 Å². The Balaban J connectivity index is 0.000000144. The summed E-state index contributed by atoms with van der Waals surface area (Å²) in [4.78, 5) is 85.5. The molecule has 12 heterocycles. The van der Waals surface area contributed by atoms with Gasteiger partial charge in [0, 0.05) is 28.5 Å². The molecule has 55 heteroatoms. The van der Waals surface area contributed by atoms with Gasteiger partial charge >= 0.3 is 48.4 Å². The minimum atomic E-state index is -4.82. The van der Waals surface area contributed by atoms with Crippen LogP contribution in [-0.4, -0.2) is 185 Å². The molecule has 648 valence electrons. The number of amides is 1. The lowest BCUT2D eigenvalue weighted by molar-refractivity contribution is -0.208. The number of carbonyl (C=O) groups is 1. The van der Waals surface area contributed by atoms with Crippen LogP contribution in [0.5, 0.6) is 23.0 Å². The largest absolute Gasteiger partial charge is 0.530 e. The van der Waals surface area contributed by atoms with Crippen molar-refractivity contribution in [1.82, 2.24) is 38.9 Å². The van der Waals surface area contributed by atoms with Gasteiger partial charge in [-0.2, -0.15) is 17.6 Å². The van der Waals surface area contributed by atoms with E-state index in [1.54, 1.807) is 65.6 Å². The summed E-state index contributed by atoms with van der Waals surface area (Å²) in [5, 5.41) is 83.2. The molecule has 0 bridgehead atoms. The maximum atomic E-state index is 15.8. The normalized spacial score (nSPS) is 36.1. The number of hydrogen-bond donors (Lipinski definition) is 12. The Morgan fingerprint density at radius 2 is 0.742 bits per heavy atom. The van der Waals surface area contributed by atoms with Gasteiger partial charge in [-0.25, -0.2) is 50.2 Å². The van der Waals surface area contributed by atoms with Crippen LogP contribution in [0.2, 0.25) is 0 Å². The molecule has 0 aliphatic carbocycles. The smallest absolute Gasteiger partial charge is 0.404 e. The van der Waals surface area contributed by atoms with Crippen molar-refractivity contribution in [3.05, 3.63) is 242 Å². The summed E-state index contributed by atoms with van der Waals surface area (Å²) in [5.74, 6) is -21.9. The zero-order chi connectivity index (χ0) is 92.2. The predicted octanol–water partition coefficient (Wildman–Crippen LogP) is 2.16. The summed E-state index contributed by atoms with van der Waals surface area (Å²) < 4.78 is 294. The van der Waals surface area contributed by atoms with Crippen molar-refractivity contribution in [3.63, 3.8) is 0 Å². The fraction of sp³-hybridized carbons (Fsp3) is 0.369. The molecule has 4 aromatic carbocycles. The maximum absolute atomic E-state index is 15.8. The second kappa shape index (κ2) is 34.0. The number of aromatic amines is 3. The Kier molecular flexibility index (Phi) is 22.7. The molecule has 20 atom stereocenters. The maximum Gasteiger partial charge on any atom is 0.530 e. The summed E-state index contributed by atoms with van der Waals surface area (Å²) in [6.07, 6.45) is -28.9. The Hall–Kier alpha value is -9.57. The monoisotopic (exact) mass is 1800 g/mol. The third-order valence-corrected chi connectivity index (χ3v) is 22.6. The Bertz CT molecular complexity index is 6100. The number of aliphatic hydroxyl groups is 8. The van der Waals surface area contributed by atoms with Gasteiger partial charge < -0.3 is 88.1 Å². The van der Waals surface area contributed by atoms with Crippen molar-refractivity contribution in [2.45, 2.75) is 124 Å². The number of alkyl halides is 4. The van der Waals surface area contributed by atoms with Gasteiger partial charge in [-0.05, 0) is 24.3 Å². The second-order valence-electron chi connectivity index (χ2n) is 25.7. The molecule has 12 N–H and O–H groups in total. The van der Waals surface area contributed by atoms with Crippen LogP contribution in [0.25, 0.3) is 0 Å². The number of fused-ring (bicyclic) bond motifs is 4. The van der Waals surface area contributed by atoms with E-state index in [9.17, 15) is 110 Å². The lowest BCUT2D eigenvalue weighted by Gasteiger charge is -2.33. The Morgan fingerprint density at radius 3 is 1.14 bits per heavy atom. The molecule has 1 amide bonds. The highest BCUT2D eigenvalue weighted by Gasteiger charge is 2.62. The predicted molar refractivity (Wildman–Crippen MR) is 372 cm³/mol. The average molecular weight is 1800 g/mol. The summed E-state index contributed by atoms with van der Waals surface area (Å²) in [5.41, 5.74) is -6.12. The third-order valence-electron chi connectivity index (χ3n) is 17.6. The van der Waals surface area contributed by atoms with E-state index in [0.717, 1.165) is 0 Å². The average Bonchev–Trinajstić information content (AvgIpc) is 1.57. The molecule has 9 aliphatic heterocycles. The van der Waals surface area contributed by atoms with Gasteiger partial charge in [0.2, 0.25) is 23.3 Å². The lowest BCUT2D eigenvalue weighted by Crippen LogP contribution is -2.47. The van der Waals surface area contributed by atoms with Crippen LogP contribution in [0.3, 0.4) is 0 Å². The van der Waals surface area contributed by atoms with Gasteiger partial charge in [0.05, 0.1) is 53.2 Å². The quantitative estimate of drug-likeness (QED) is 0.0487. The number of aliphatic hydroxyl groups excluding tert-OH is 8. The Labute approximate surface area is 669 Å². The highest BCUT2D eigenvalue weighted by molar-refractivity contribution is 7.49. The van der Waals surface area contributed by atoms with Crippen molar-refractivity contribution in [2.24, 2.45) is 0 Å². The first-order chi connectivity index (χ1) is 58.7. The van der Waals surface area contributed by atoms with Gasteiger partial charge in [0.25, 0.3) is 46.0 Å². The first-order valence-electron chi connectivity index (χ1n) is 36.6. The number of carbonyl (C=O) groups excluding carboxylic acids is 1. The topological polar surface area (TPSA) is 575 Å². The second-order valence-corrected chi connectivity index (χ2v) is 31.9. The number of phosphoric ester groups is 4. The molecule has 43 nitrogen and oxygen atoms in total. The van der Waals surface area contributed by atoms with Crippen molar-refractivity contribution >= 4 is 37.2 Å². The number of halogens is 8. The highest BCUT2D eigenvalue weighted by Crippen LogP contribution is 2.60. The van der Waals surface area contributed by atoms with E-state index in [4.69, 9.17) is 72.4 Å². The molecule has 7 aromatic rings. The van der Waals surface area contributed by atoms with Gasteiger partial charge in [-0.15, -0.1) is 0 Å². The van der Waals surface area contributed by atoms with Gasteiger partial charge in [-0.3, -0.25) is 84.0 Å². The molecule has 120 heavy (non-hydrogen) atoms. The Morgan fingerprint density at radius 1 is 0.442 bits per heavy atom. The number of rotatable bonds is 16. The number of para-hydroxylation sites is 4. The third kappa shape index (κ3) is 18.2. The van der Waals surface area contributed by atoms with E-state index in [1.807, 2.05) is 5.32 Å². The highest BCUT2D eigenvalue weighted by atomic mass is 31.2. The molecular formula is C65H62F8N8O35P4. The fourth-order valence-corrected chi connectivity index (χ4v) is 16.0. The van der Waals surface area contributed by atoms with Crippen LogP contribution in [0.4, 0.5) is 35.1 Å². The van der Waals surface area contributed by atoms with Gasteiger partial charge in [-0.1, -0.05) is 79.4 Å². The van der Waals surface area contributed by atoms with Crippen molar-refractivity contribution < 1.29 is 180 Å². The summed E-state index contributed by atoms with van der Waals surface area (Å²) in [7, 11) is -18.3. The van der Waals surface area contributed by atoms with E-state index < -0.39 is 223 Å². The summed E-state index contributed by atoms with van der Waals surface area (Å²) >= 11 is 0. The van der Waals surface area contributed by atoms with Crippen LogP contribution < -0.4 is 57.2 Å². The van der Waals surface area contributed by atoms with E-state index in [-0.39, 0.29) is 71.0 Å².